The number of nitrogens with zero attached hydrogens (tertiary/aromatic N) is 1. The molecule has 172 valence electrons. The first-order valence-corrected chi connectivity index (χ1v) is 12.2. The minimum absolute atomic E-state index is 0.125. The number of aromatic amines is 1. The normalized spacial score (nSPS) is 19.6. The van der Waals surface area contributed by atoms with Gasteiger partial charge < -0.3 is 15.2 Å². The van der Waals surface area contributed by atoms with Crippen molar-refractivity contribution in [3.8, 4) is 0 Å². The summed E-state index contributed by atoms with van der Waals surface area (Å²) in [6, 6.07) is 11.2. The van der Waals surface area contributed by atoms with E-state index in [4.69, 9.17) is 0 Å². The Morgan fingerprint density at radius 1 is 1.06 bits per heavy atom. The molecule has 2 aliphatic rings. The second kappa shape index (κ2) is 9.62. The molecular weight excluding hydrogens is 398 g/mol. The molecule has 2 heterocycles. The highest BCUT2D eigenvalue weighted by Crippen LogP contribution is 2.40. The van der Waals surface area contributed by atoms with Crippen LogP contribution in [0.2, 0.25) is 0 Å². The summed E-state index contributed by atoms with van der Waals surface area (Å²) in [5, 5.41) is 3.12. The van der Waals surface area contributed by atoms with E-state index in [2.05, 4.69) is 46.4 Å². The predicted molar refractivity (Wildman–Crippen MR) is 129 cm³/mol. The van der Waals surface area contributed by atoms with Gasteiger partial charge in [0.05, 0.1) is 0 Å². The van der Waals surface area contributed by atoms with Gasteiger partial charge in [-0.2, -0.15) is 0 Å². The smallest absolute Gasteiger partial charge is 0.261 e. The number of carbonyl (C=O) groups is 1. The first-order chi connectivity index (χ1) is 15.4. The van der Waals surface area contributed by atoms with Crippen molar-refractivity contribution in [1.82, 2.24) is 15.2 Å². The molecule has 5 nitrogen and oxygen atoms in total. The van der Waals surface area contributed by atoms with E-state index in [1.54, 1.807) is 0 Å². The summed E-state index contributed by atoms with van der Waals surface area (Å²) >= 11 is 0. The molecule has 0 atom stereocenters. The summed E-state index contributed by atoms with van der Waals surface area (Å²) in [4.78, 5) is 30.4. The van der Waals surface area contributed by atoms with Gasteiger partial charge in [0.25, 0.3) is 11.5 Å². The molecule has 2 N–H and O–H groups in total. The summed E-state index contributed by atoms with van der Waals surface area (Å²) in [5.41, 5.74) is 4.54. The molecule has 1 aliphatic heterocycles. The zero-order valence-corrected chi connectivity index (χ0v) is 19.8. The monoisotopic (exact) mass is 435 g/mol. The standard InChI is InChI=1S/C27H37N3O2/c1-19-7-9-22(10-8-19)27(13-5-4-6-14-27)18-30-15-11-23(12-16-30)29-26(32)24-20(2)17-21(3)28-25(24)31/h7-10,17,23H,4-6,11-16,18H2,1-3H3,(H,28,31)(H,29,32). The second-order valence-corrected chi connectivity index (χ2v) is 10.1. The van der Waals surface area contributed by atoms with Crippen molar-refractivity contribution in [2.75, 3.05) is 19.6 Å². The third-order valence-electron chi connectivity index (χ3n) is 7.52. The Kier molecular flexibility index (Phi) is 6.85. The van der Waals surface area contributed by atoms with E-state index in [9.17, 15) is 9.59 Å². The minimum Gasteiger partial charge on any atom is -0.349 e. The minimum atomic E-state index is -0.297. The third kappa shape index (κ3) is 4.98. The van der Waals surface area contributed by atoms with Crippen LogP contribution in [0.15, 0.2) is 35.1 Å². The Morgan fingerprint density at radius 3 is 2.34 bits per heavy atom. The average molecular weight is 436 g/mol. The molecule has 0 spiro atoms. The largest absolute Gasteiger partial charge is 0.349 e. The van der Waals surface area contributed by atoms with Crippen LogP contribution in [0.3, 0.4) is 0 Å². The maximum absolute atomic E-state index is 12.8. The third-order valence-corrected chi connectivity index (χ3v) is 7.52. The molecule has 4 rings (SSSR count). The van der Waals surface area contributed by atoms with E-state index in [1.165, 1.54) is 43.2 Å². The number of benzene rings is 1. The molecule has 1 amide bonds. The molecule has 32 heavy (non-hydrogen) atoms. The molecule has 0 bridgehead atoms. The molecule has 1 aliphatic carbocycles. The predicted octanol–water partition coefficient (Wildman–Crippen LogP) is 4.40. The fourth-order valence-electron chi connectivity index (χ4n) is 5.73. The Morgan fingerprint density at radius 2 is 1.72 bits per heavy atom. The fraction of sp³-hybridized carbons (Fsp3) is 0.556. The molecule has 2 aromatic rings. The highest BCUT2D eigenvalue weighted by molar-refractivity contribution is 5.95. The van der Waals surface area contributed by atoms with E-state index in [-0.39, 0.29) is 28.5 Å². The van der Waals surface area contributed by atoms with Gasteiger partial charge in [-0.05, 0) is 63.6 Å². The summed E-state index contributed by atoms with van der Waals surface area (Å²) in [5.74, 6) is -0.245. The Labute approximate surface area is 191 Å². The average Bonchev–Trinajstić information content (AvgIpc) is 2.75. The fourth-order valence-corrected chi connectivity index (χ4v) is 5.73. The highest BCUT2D eigenvalue weighted by Gasteiger charge is 2.36. The number of piperidine rings is 1. The molecule has 1 aromatic heterocycles. The summed E-state index contributed by atoms with van der Waals surface area (Å²) < 4.78 is 0. The van der Waals surface area contributed by atoms with Crippen molar-refractivity contribution in [1.29, 1.82) is 0 Å². The number of rotatable bonds is 5. The maximum atomic E-state index is 12.8. The van der Waals surface area contributed by atoms with Crippen LogP contribution >= 0.6 is 0 Å². The molecule has 1 aromatic carbocycles. The van der Waals surface area contributed by atoms with Crippen molar-refractivity contribution in [3.05, 3.63) is 68.6 Å². The number of carbonyl (C=O) groups excluding carboxylic acids is 1. The van der Waals surface area contributed by atoms with Crippen molar-refractivity contribution in [2.45, 2.75) is 77.2 Å². The molecule has 0 unspecified atom stereocenters. The SMILES string of the molecule is Cc1ccc(C2(CN3CCC(NC(=O)c4c(C)cc(C)[nH]c4=O)CC3)CCCCC2)cc1. The molecule has 1 saturated heterocycles. The number of H-pyrrole nitrogens is 1. The zero-order valence-electron chi connectivity index (χ0n) is 19.8. The first kappa shape index (κ1) is 22.8. The lowest BCUT2D eigenvalue weighted by Crippen LogP contribution is -2.50. The van der Waals surface area contributed by atoms with Crippen LogP contribution in [0.4, 0.5) is 0 Å². The van der Waals surface area contributed by atoms with E-state index in [0.717, 1.165) is 43.7 Å². The van der Waals surface area contributed by atoms with Gasteiger partial charge in [-0.25, -0.2) is 0 Å². The van der Waals surface area contributed by atoms with E-state index in [0.29, 0.717) is 0 Å². The number of amides is 1. The second-order valence-electron chi connectivity index (χ2n) is 10.1. The Hall–Kier alpha value is -2.40. The van der Waals surface area contributed by atoms with Crippen LogP contribution in [0.25, 0.3) is 0 Å². The zero-order chi connectivity index (χ0) is 22.7. The number of likely N-dealkylation sites (tertiary alicyclic amines) is 1. The lowest BCUT2D eigenvalue weighted by Gasteiger charge is -2.44. The molecule has 1 saturated carbocycles. The highest BCUT2D eigenvalue weighted by atomic mass is 16.2. The summed E-state index contributed by atoms with van der Waals surface area (Å²) in [6.07, 6.45) is 8.36. The van der Waals surface area contributed by atoms with Crippen LogP contribution in [0, 0.1) is 20.8 Å². The van der Waals surface area contributed by atoms with Crippen LogP contribution in [-0.4, -0.2) is 41.5 Å². The van der Waals surface area contributed by atoms with Crippen LogP contribution in [0.1, 0.15) is 77.7 Å². The summed E-state index contributed by atoms with van der Waals surface area (Å²) in [7, 11) is 0. The lowest BCUT2D eigenvalue weighted by molar-refractivity contribution is 0.0889. The molecule has 2 fully saturated rings. The van der Waals surface area contributed by atoms with Gasteiger partial charge in [-0.15, -0.1) is 0 Å². The number of aryl methyl sites for hydroxylation is 3. The van der Waals surface area contributed by atoms with Crippen molar-refractivity contribution in [2.24, 2.45) is 0 Å². The van der Waals surface area contributed by atoms with Crippen molar-refractivity contribution in [3.63, 3.8) is 0 Å². The quantitative estimate of drug-likeness (QED) is 0.732. The van der Waals surface area contributed by atoms with Gasteiger partial charge in [0, 0.05) is 36.8 Å². The van der Waals surface area contributed by atoms with Gasteiger partial charge in [-0.3, -0.25) is 9.59 Å². The number of hydrogen-bond acceptors (Lipinski definition) is 3. The number of pyridine rings is 1. The van der Waals surface area contributed by atoms with Crippen LogP contribution < -0.4 is 10.9 Å². The molecule has 0 radical (unpaired) electrons. The van der Waals surface area contributed by atoms with Gasteiger partial charge in [-0.1, -0.05) is 49.1 Å². The lowest BCUT2D eigenvalue weighted by atomic mass is 9.69. The Bertz CT molecular complexity index is 995. The van der Waals surface area contributed by atoms with Gasteiger partial charge in [0.2, 0.25) is 0 Å². The first-order valence-electron chi connectivity index (χ1n) is 12.2. The molecule has 5 heteroatoms. The topological polar surface area (TPSA) is 65.2 Å². The number of aromatic nitrogens is 1. The Balaban J connectivity index is 1.38. The molecular formula is C27H37N3O2. The van der Waals surface area contributed by atoms with Crippen LogP contribution in [-0.2, 0) is 5.41 Å². The van der Waals surface area contributed by atoms with Crippen molar-refractivity contribution >= 4 is 5.91 Å². The van der Waals surface area contributed by atoms with E-state index in [1.807, 2.05) is 19.9 Å². The van der Waals surface area contributed by atoms with Gasteiger partial charge in [0.1, 0.15) is 5.56 Å². The van der Waals surface area contributed by atoms with Crippen LogP contribution in [0.5, 0.6) is 0 Å². The maximum Gasteiger partial charge on any atom is 0.261 e. The number of hydrogen-bond donors (Lipinski definition) is 2. The van der Waals surface area contributed by atoms with E-state index < -0.39 is 0 Å². The number of nitrogens with one attached hydrogen (secondary N) is 2. The van der Waals surface area contributed by atoms with Gasteiger partial charge in [0.15, 0.2) is 0 Å². The van der Waals surface area contributed by atoms with Gasteiger partial charge >= 0.3 is 0 Å². The van der Waals surface area contributed by atoms with Crippen molar-refractivity contribution < 1.29 is 4.79 Å². The summed E-state index contributed by atoms with van der Waals surface area (Å²) in [6.45, 7) is 8.90. The van der Waals surface area contributed by atoms with E-state index >= 15 is 0 Å².